The monoisotopic (exact) mass is 539 g/mol. The van der Waals surface area contributed by atoms with Crippen LogP contribution >= 0.6 is 11.3 Å². The summed E-state index contributed by atoms with van der Waals surface area (Å²) >= 11 is 1.31. The van der Waals surface area contributed by atoms with E-state index in [0.29, 0.717) is 31.4 Å². The summed E-state index contributed by atoms with van der Waals surface area (Å²) in [7, 11) is 0. The van der Waals surface area contributed by atoms with Crippen molar-refractivity contribution in [1.82, 2.24) is 20.3 Å². The third kappa shape index (κ3) is 4.72. The minimum atomic E-state index is -1.74. The predicted octanol–water partition coefficient (Wildman–Crippen LogP) is 2.66. The van der Waals surface area contributed by atoms with Crippen molar-refractivity contribution in [2.75, 3.05) is 37.6 Å². The van der Waals surface area contributed by atoms with E-state index >= 15 is 0 Å². The van der Waals surface area contributed by atoms with Crippen LogP contribution in [0.2, 0.25) is 0 Å². The average Bonchev–Trinajstić information content (AvgIpc) is 3.35. The molecule has 5 rings (SSSR count). The van der Waals surface area contributed by atoms with Gasteiger partial charge in [-0.25, -0.2) is 15.3 Å². The summed E-state index contributed by atoms with van der Waals surface area (Å²) in [5, 5.41) is 20.0. The van der Waals surface area contributed by atoms with Crippen LogP contribution in [0, 0.1) is 5.92 Å². The molecule has 11 nitrogen and oxygen atoms in total. The molecule has 1 aromatic heterocycles. The van der Waals surface area contributed by atoms with E-state index < -0.39 is 35.5 Å². The van der Waals surface area contributed by atoms with Crippen molar-refractivity contribution in [3.05, 3.63) is 54.6 Å². The van der Waals surface area contributed by atoms with Gasteiger partial charge in [-0.2, -0.15) is 0 Å². The number of piperidine rings is 1. The zero-order valence-electron chi connectivity index (χ0n) is 20.8. The highest BCUT2D eigenvalue weighted by Gasteiger charge is 2.57. The van der Waals surface area contributed by atoms with E-state index in [1.807, 2.05) is 54.6 Å². The third-order valence-corrected chi connectivity index (χ3v) is 8.37. The molecular formula is C26H29N5O6S. The lowest BCUT2D eigenvalue weighted by molar-refractivity contribution is -0.161. The molecule has 3 amide bonds. The summed E-state index contributed by atoms with van der Waals surface area (Å²) in [5.41, 5.74) is 1.69. The first-order valence-electron chi connectivity index (χ1n) is 12.4. The number of carbonyl (C=O) groups is 3. The van der Waals surface area contributed by atoms with E-state index in [2.05, 4.69) is 9.88 Å². The SMILES string of the molecule is C[C@@]1(C(=O)N2CCN(c3ccccc3)CC2)[C@@H](C(=O)NO)C[C@H](Oc2nc3ccccc3s2)CN1C(=O)O. The molecule has 200 valence electrons. The highest BCUT2D eigenvalue weighted by atomic mass is 32.1. The fourth-order valence-electron chi connectivity index (χ4n) is 5.39. The quantitative estimate of drug-likeness (QED) is 0.333. The molecule has 3 heterocycles. The van der Waals surface area contributed by atoms with Crippen LogP contribution < -0.4 is 15.1 Å². The van der Waals surface area contributed by atoms with Crippen LogP contribution in [0.3, 0.4) is 0 Å². The first-order chi connectivity index (χ1) is 18.3. The number of ether oxygens (including phenoxy) is 1. The van der Waals surface area contributed by atoms with E-state index in [-0.39, 0.29) is 13.0 Å². The lowest BCUT2D eigenvalue weighted by atomic mass is 9.75. The zero-order chi connectivity index (χ0) is 26.9. The van der Waals surface area contributed by atoms with Crippen LogP contribution in [-0.2, 0) is 9.59 Å². The molecule has 0 unspecified atom stereocenters. The molecule has 2 saturated heterocycles. The van der Waals surface area contributed by atoms with Crippen LogP contribution in [0.1, 0.15) is 13.3 Å². The largest absolute Gasteiger partial charge is 0.465 e. The molecule has 3 N–H and O–H groups in total. The predicted molar refractivity (Wildman–Crippen MR) is 140 cm³/mol. The van der Waals surface area contributed by atoms with E-state index in [1.165, 1.54) is 18.3 Å². The molecule has 3 aromatic rings. The van der Waals surface area contributed by atoms with Gasteiger partial charge >= 0.3 is 6.09 Å². The number of benzene rings is 2. The second kappa shape index (κ2) is 10.5. The Labute approximate surface area is 223 Å². The van der Waals surface area contributed by atoms with Crippen molar-refractivity contribution >= 4 is 45.1 Å². The fourth-order valence-corrected chi connectivity index (χ4v) is 6.27. The van der Waals surface area contributed by atoms with Crippen LogP contribution in [0.15, 0.2) is 54.6 Å². The van der Waals surface area contributed by atoms with Gasteiger partial charge < -0.3 is 19.6 Å². The highest BCUT2D eigenvalue weighted by molar-refractivity contribution is 7.20. The third-order valence-electron chi connectivity index (χ3n) is 7.44. The summed E-state index contributed by atoms with van der Waals surface area (Å²) in [6.07, 6.45) is -2.07. The number of anilines is 1. The number of fused-ring (bicyclic) bond motifs is 1. The second-order valence-electron chi connectivity index (χ2n) is 9.61. The Kier molecular flexibility index (Phi) is 7.09. The topological polar surface area (TPSA) is 136 Å². The van der Waals surface area contributed by atoms with E-state index in [4.69, 9.17) is 4.74 Å². The Hall–Kier alpha value is -3.90. The van der Waals surface area contributed by atoms with Gasteiger partial charge in [-0.1, -0.05) is 41.7 Å². The van der Waals surface area contributed by atoms with Crippen LogP contribution in [-0.4, -0.2) is 87.4 Å². The standard InChI is InChI=1S/C26H29N5O6S/c1-26(23(33)30-13-11-29(12-14-30)17-7-3-2-4-8-17)19(22(32)28-36)15-18(16-31(26)25(34)35)37-24-27-20-9-5-6-10-21(20)38-24/h2-10,18-19,36H,11-16H2,1H3,(H,28,32)(H,34,35)/t18-,19+,26-/m0/s1. The maximum absolute atomic E-state index is 13.9. The number of thiazole rings is 1. The number of carboxylic acid groups (broad SMARTS) is 1. The van der Waals surface area contributed by atoms with Gasteiger partial charge in [0.25, 0.3) is 5.19 Å². The molecule has 38 heavy (non-hydrogen) atoms. The van der Waals surface area contributed by atoms with Gasteiger partial charge in [-0.15, -0.1) is 0 Å². The number of likely N-dealkylation sites (tertiary alicyclic amines) is 1. The number of piperazine rings is 1. The van der Waals surface area contributed by atoms with Gasteiger partial charge in [0.1, 0.15) is 11.6 Å². The number of aromatic nitrogens is 1. The molecule has 0 radical (unpaired) electrons. The van der Waals surface area contributed by atoms with Gasteiger partial charge in [-0.05, 0) is 31.2 Å². The Morgan fingerprint density at radius 2 is 1.74 bits per heavy atom. The van der Waals surface area contributed by atoms with Crippen LogP contribution in [0.4, 0.5) is 10.5 Å². The molecule has 0 saturated carbocycles. The van der Waals surface area contributed by atoms with Gasteiger partial charge in [0, 0.05) is 38.3 Å². The van der Waals surface area contributed by atoms with Gasteiger partial charge in [-0.3, -0.25) is 19.7 Å². The van der Waals surface area contributed by atoms with Crippen molar-refractivity contribution in [1.29, 1.82) is 0 Å². The molecule has 0 aliphatic carbocycles. The number of nitrogens with one attached hydrogen (secondary N) is 1. The second-order valence-corrected chi connectivity index (χ2v) is 10.6. The summed E-state index contributed by atoms with van der Waals surface area (Å²) in [4.78, 5) is 48.5. The summed E-state index contributed by atoms with van der Waals surface area (Å²) in [5.74, 6) is -2.50. The van der Waals surface area contributed by atoms with Crippen molar-refractivity contribution < 1.29 is 29.4 Å². The van der Waals surface area contributed by atoms with Crippen molar-refractivity contribution in [3.63, 3.8) is 0 Å². The normalized spacial score (nSPS) is 23.8. The highest BCUT2D eigenvalue weighted by Crippen LogP contribution is 2.38. The number of rotatable bonds is 5. The molecule has 2 aliphatic heterocycles. The minimum Gasteiger partial charge on any atom is -0.465 e. The Morgan fingerprint density at radius 3 is 2.39 bits per heavy atom. The smallest absolute Gasteiger partial charge is 0.408 e. The molecule has 2 aliphatic rings. The number of carbonyl (C=O) groups excluding carboxylic acids is 2. The van der Waals surface area contributed by atoms with E-state index in [0.717, 1.165) is 20.8 Å². The average molecular weight is 540 g/mol. The number of hydrogen-bond donors (Lipinski definition) is 3. The van der Waals surface area contributed by atoms with Gasteiger partial charge in [0.15, 0.2) is 0 Å². The van der Waals surface area contributed by atoms with Crippen LogP contribution in [0.25, 0.3) is 10.2 Å². The Bertz CT molecular complexity index is 1290. The zero-order valence-corrected chi connectivity index (χ0v) is 21.6. The molecule has 2 aromatic carbocycles. The molecule has 12 heteroatoms. The first-order valence-corrected chi connectivity index (χ1v) is 13.2. The molecule has 2 fully saturated rings. The lowest BCUT2D eigenvalue weighted by Gasteiger charge is -2.50. The van der Waals surface area contributed by atoms with Crippen LogP contribution in [0.5, 0.6) is 5.19 Å². The molecule has 3 atom stereocenters. The molecule has 0 bridgehead atoms. The fraction of sp³-hybridized carbons (Fsp3) is 0.385. The minimum absolute atomic E-state index is 0.0261. The van der Waals surface area contributed by atoms with Gasteiger partial charge in [0.2, 0.25) is 11.8 Å². The van der Waals surface area contributed by atoms with Crippen molar-refractivity contribution in [2.45, 2.75) is 25.0 Å². The Balaban J connectivity index is 1.37. The van der Waals surface area contributed by atoms with Crippen molar-refractivity contribution in [3.8, 4) is 5.19 Å². The molecule has 0 spiro atoms. The molecular weight excluding hydrogens is 510 g/mol. The van der Waals surface area contributed by atoms with E-state index in [9.17, 15) is 24.7 Å². The van der Waals surface area contributed by atoms with E-state index in [1.54, 1.807) is 10.4 Å². The summed E-state index contributed by atoms with van der Waals surface area (Å²) in [6, 6.07) is 17.3. The first kappa shape index (κ1) is 25.7. The summed E-state index contributed by atoms with van der Waals surface area (Å²) in [6.45, 7) is 3.21. The number of amides is 3. The Morgan fingerprint density at radius 1 is 1.05 bits per heavy atom. The maximum Gasteiger partial charge on any atom is 0.408 e. The number of nitrogens with zero attached hydrogens (tertiary/aromatic N) is 4. The number of hydrogen-bond acceptors (Lipinski definition) is 8. The summed E-state index contributed by atoms with van der Waals surface area (Å²) < 4.78 is 6.95. The van der Waals surface area contributed by atoms with Crippen molar-refractivity contribution in [2.24, 2.45) is 5.92 Å². The lowest BCUT2D eigenvalue weighted by Crippen LogP contribution is -2.71. The van der Waals surface area contributed by atoms with Gasteiger partial charge in [0.05, 0.1) is 22.7 Å². The number of para-hydroxylation sites is 2. The number of hydroxylamine groups is 1. The maximum atomic E-state index is 13.9.